The predicted molar refractivity (Wildman–Crippen MR) is 69.0 cm³/mol. The van der Waals surface area contributed by atoms with E-state index >= 15 is 0 Å². The van der Waals surface area contributed by atoms with Crippen LogP contribution in [0.1, 0.15) is 15.9 Å². The van der Waals surface area contributed by atoms with Crippen LogP contribution in [0.5, 0.6) is 0 Å². The molecule has 0 aliphatic carbocycles. The second kappa shape index (κ2) is 4.98. The highest BCUT2D eigenvalue weighted by atomic mass is 79.9. The highest BCUT2D eigenvalue weighted by Gasteiger charge is 2.11. The maximum absolute atomic E-state index is 13.1. The van der Waals surface area contributed by atoms with Gasteiger partial charge in [0, 0.05) is 20.6 Å². The summed E-state index contributed by atoms with van der Waals surface area (Å²) in [7, 11) is 0. The average Bonchev–Trinajstić information content (AvgIpc) is 2.26. The molecule has 86 valence electrons. The number of hydrogen-bond acceptors (Lipinski definition) is 1. The average molecular weight is 314 g/mol. The molecule has 0 saturated heterocycles. The van der Waals surface area contributed by atoms with E-state index in [0.717, 1.165) is 4.47 Å². The van der Waals surface area contributed by atoms with Crippen molar-refractivity contribution in [2.24, 2.45) is 0 Å². The smallest absolute Gasteiger partial charge is 0.193 e. The fourth-order valence-electron chi connectivity index (χ4n) is 1.48. The van der Waals surface area contributed by atoms with Crippen LogP contribution in [0, 0.1) is 5.82 Å². The van der Waals surface area contributed by atoms with Gasteiger partial charge in [0.2, 0.25) is 0 Å². The first-order valence-corrected chi connectivity index (χ1v) is 6.00. The fourth-order valence-corrected chi connectivity index (χ4v) is 2.10. The molecule has 0 bridgehead atoms. The van der Waals surface area contributed by atoms with Crippen LogP contribution in [0.4, 0.5) is 4.39 Å². The SMILES string of the molecule is O=C(c1cc(F)cc(Cl)c1)c1cccc(Br)c1. The van der Waals surface area contributed by atoms with Crippen molar-refractivity contribution < 1.29 is 9.18 Å². The van der Waals surface area contributed by atoms with Crippen molar-refractivity contribution in [3.8, 4) is 0 Å². The first kappa shape index (κ1) is 12.3. The lowest BCUT2D eigenvalue weighted by Gasteiger charge is -2.03. The van der Waals surface area contributed by atoms with Crippen molar-refractivity contribution in [2.45, 2.75) is 0 Å². The predicted octanol–water partition coefficient (Wildman–Crippen LogP) is 4.47. The van der Waals surface area contributed by atoms with Gasteiger partial charge < -0.3 is 0 Å². The number of halogens is 3. The van der Waals surface area contributed by atoms with Crippen molar-refractivity contribution in [1.29, 1.82) is 0 Å². The van der Waals surface area contributed by atoms with Crippen molar-refractivity contribution >= 4 is 33.3 Å². The Hall–Kier alpha value is -1.19. The summed E-state index contributed by atoms with van der Waals surface area (Å²) in [5, 5.41) is 0.211. The molecular formula is C13H7BrClFO. The van der Waals surface area contributed by atoms with Crippen LogP contribution in [-0.4, -0.2) is 5.78 Å². The van der Waals surface area contributed by atoms with E-state index in [1.165, 1.54) is 18.2 Å². The largest absolute Gasteiger partial charge is 0.289 e. The van der Waals surface area contributed by atoms with E-state index < -0.39 is 5.82 Å². The molecule has 2 aromatic carbocycles. The van der Waals surface area contributed by atoms with Crippen molar-refractivity contribution in [3.63, 3.8) is 0 Å². The number of carbonyl (C=O) groups is 1. The Morgan fingerprint density at radius 2 is 1.88 bits per heavy atom. The first-order valence-electron chi connectivity index (χ1n) is 4.82. The van der Waals surface area contributed by atoms with Crippen molar-refractivity contribution in [1.82, 2.24) is 0 Å². The minimum atomic E-state index is -0.518. The summed E-state index contributed by atoms with van der Waals surface area (Å²) in [6.45, 7) is 0. The minimum Gasteiger partial charge on any atom is -0.289 e. The summed E-state index contributed by atoms with van der Waals surface area (Å²) in [5.41, 5.74) is 0.731. The van der Waals surface area contributed by atoms with Gasteiger partial charge in [-0.15, -0.1) is 0 Å². The Morgan fingerprint density at radius 1 is 1.12 bits per heavy atom. The molecule has 0 atom stereocenters. The zero-order valence-electron chi connectivity index (χ0n) is 8.58. The van der Waals surface area contributed by atoms with Gasteiger partial charge in [-0.2, -0.15) is 0 Å². The maximum Gasteiger partial charge on any atom is 0.193 e. The standard InChI is InChI=1S/C13H7BrClFO/c14-10-3-1-2-8(4-10)13(17)9-5-11(15)7-12(16)6-9/h1-7H. The summed E-state index contributed by atoms with van der Waals surface area (Å²) in [6, 6.07) is 10.7. The number of hydrogen-bond donors (Lipinski definition) is 0. The lowest BCUT2D eigenvalue weighted by molar-refractivity contribution is 0.103. The number of carbonyl (C=O) groups excluding carboxylic acids is 1. The molecule has 0 unspecified atom stereocenters. The van der Waals surface area contributed by atoms with Gasteiger partial charge in [0.05, 0.1) is 0 Å². The van der Waals surface area contributed by atoms with Gasteiger partial charge in [0.15, 0.2) is 5.78 Å². The molecule has 17 heavy (non-hydrogen) atoms. The topological polar surface area (TPSA) is 17.1 Å². The molecule has 0 aliphatic rings. The third kappa shape index (κ3) is 2.93. The van der Waals surface area contributed by atoms with Gasteiger partial charge in [-0.1, -0.05) is 39.7 Å². The number of ketones is 1. The van der Waals surface area contributed by atoms with Crippen molar-refractivity contribution in [2.75, 3.05) is 0 Å². The molecule has 0 heterocycles. The second-order valence-electron chi connectivity index (χ2n) is 3.50. The molecule has 0 aliphatic heterocycles. The van der Waals surface area contributed by atoms with Crippen LogP contribution < -0.4 is 0 Å². The van der Waals surface area contributed by atoms with Crippen molar-refractivity contribution in [3.05, 3.63) is 68.9 Å². The molecule has 2 rings (SSSR count). The molecule has 1 nitrogen and oxygen atoms in total. The van der Waals surface area contributed by atoms with E-state index in [0.29, 0.717) is 5.56 Å². The third-order valence-corrected chi connectivity index (χ3v) is 2.92. The Bertz CT molecular complexity index is 563. The van der Waals surface area contributed by atoms with E-state index in [1.54, 1.807) is 18.2 Å². The lowest BCUT2D eigenvalue weighted by atomic mass is 10.0. The summed E-state index contributed by atoms with van der Waals surface area (Å²) >= 11 is 8.99. The Labute approximate surface area is 111 Å². The zero-order valence-corrected chi connectivity index (χ0v) is 10.9. The summed E-state index contributed by atoms with van der Waals surface area (Å²) < 4.78 is 13.9. The van der Waals surface area contributed by atoms with Gasteiger partial charge >= 0.3 is 0 Å². The van der Waals surface area contributed by atoms with Gasteiger partial charge in [0.25, 0.3) is 0 Å². The molecule has 0 N–H and O–H groups in total. The number of rotatable bonds is 2. The summed E-state index contributed by atoms with van der Waals surface area (Å²) in [4.78, 5) is 12.1. The van der Waals surface area contributed by atoms with E-state index in [2.05, 4.69) is 15.9 Å². The molecule has 0 radical (unpaired) electrons. The van der Waals surface area contributed by atoms with Gasteiger partial charge in [-0.05, 0) is 30.3 Å². The molecule has 0 amide bonds. The zero-order chi connectivity index (χ0) is 12.4. The monoisotopic (exact) mass is 312 g/mol. The quantitative estimate of drug-likeness (QED) is 0.748. The highest BCUT2D eigenvalue weighted by molar-refractivity contribution is 9.10. The lowest BCUT2D eigenvalue weighted by Crippen LogP contribution is -2.01. The van der Waals surface area contributed by atoms with Crippen LogP contribution in [0.15, 0.2) is 46.9 Å². The first-order chi connectivity index (χ1) is 8.06. The molecule has 0 fully saturated rings. The fraction of sp³-hybridized carbons (Fsp3) is 0. The molecular weight excluding hydrogens is 306 g/mol. The molecule has 0 saturated carbocycles. The summed E-state index contributed by atoms with van der Waals surface area (Å²) in [5.74, 6) is -0.774. The Kier molecular flexibility index (Phi) is 3.60. The van der Waals surface area contributed by atoms with Gasteiger partial charge in [-0.3, -0.25) is 4.79 Å². The molecule has 2 aromatic rings. The second-order valence-corrected chi connectivity index (χ2v) is 4.85. The summed E-state index contributed by atoms with van der Waals surface area (Å²) in [6.07, 6.45) is 0. The molecule has 4 heteroatoms. The molecule has 0 aromatic heterocycles. The van der Waals surface area contributed by atoms with Crippen LogP contribution in [0.25, 0.3) is 0 Å². The van der Waals surface area contributed by atoms with E-state index in [9.17, 15) is 9.18 Å². The van der Waals surface area contributed by atoms with E-state index in [-0.39, 0.29) is 16.4 Å². The van der Waals surface area contributed by atoms with Crippen LogP contribution in [0.2, 0.25) is 5.02 Å². The van der Waals surface area contributed by atoms with Crippen LogP contribution >= 0.6 is 27.5 Å². The highest BCUT2D eigenvalue weighted by Crippen LogP contribution is 2.19. The van der Waals surface area contributed by atoms with Gasteiger partial charge in [-0.25, -0.2) is 4.39 Å². The number of benzene rings is 2. The Balaban J connectivity index is 2.43. The molecule has 0 spiro atoms. The van der Waals surface area contributed by atoms with E-state index in [1.807, 2.05) is 6.07 Å². The van der Waals surface area contributed by atoms with E-state index in [4.69, 9.17) is 11.6 Å². The third-order valence-electron chi connectivity index (χ3n) is 2.21. The normalized spacial score (nSPS) is 10.3. The van der Waals surface area contributed by atoms with Crippen LogP contribution in [-0.2, 0) is 0 Å². The van der Waals surface area contributed by atoms with Crippen LogP contribution in [0.3, 0.4) is 0 Å². The minimum absolute atomic E-state index is 0.211. The Morgan fingerprint density at radius 3 is 2.53 bits per heavy atom. The van der Waals surface area contributed by atoms with Gasteiger partial charge in [0.1, 0.15) is 5.82 Å². The maximum atomic E-state index is 13.1.